The Bertz CT molecular complexity index is 813. The number of nitrogens with zero attached hydrogens (tertiary/aromatic N) is 4. The van der Waals surface area contributed by atoms with Gasteiger partial charge in [-0.15, -0.1) is 0 Å². The average Bonchev–Trinajstić information content (AvgIpc) is 3.04. The molecule has 0 bridgehead atoms. The highest BCUT2D eigenvalue weighted by molar-refractivity contribution is 5.94. The number of nitrogens with one attached hydrogen (secondary N) is 1. The van der Waals surface area contributed by atoms with Crippen molar-refractivity contribution >= 4 is 16.6 Å². The van der Waals surface area contributed by atoms with E-state index in [9.17, 15) is 0 Å². The minimum Gasteiger partial charge on any atom is -0.494 e. The first-order chi connectivity index (χ1) is 10.9. The molecule has 1 atom stereocenters. The maximum atomic E-state index is 5.40. The third-order valence-corrected chi connectivity index (χ3v) is 4.10. The molecule has 3 heterocycles. The molecule has 0 fully saturated rings. The third-order valence-electron chi connectivity index (χ3n) is 4.10. The van der Waals surface area contributed by atoms with E-state index in [-0.39, 0.29) is 6.04 Å². The van der Waals surface area contributed by atoms with Crippen LogP contribution < -0.4 is 10.1 Å². The number of hydrogen-bond acceptors (Lipinski definition) is 5. The van der Waals surface area contributed by atoms with Crippen molar-refractivity contribution in [1.82, 2.24) is 19.7 Å². The van der Waals surface area contributed by atoms with Gasteiger partial charge in [-0.2, -0.15) is 5.10 Å². The molecule has 1 aromatic carbocycles. The van der Waals surface area contributed by atoms with Crippen molar-refractivity contribution in [2.75, 3.05) is 12.4 Å². The molecular formula is C16H17N5O. The number of anilines is 1. The Morgan fingerprint density at radius 3 is 3.14 bits per heavy atom. The zero-order valence-corrected chi connectivity index (χ0v) is 12.4. The van der Waals surface area contributed by atoms with Crippen LogP contribution in [0.25, 0.3) is 10.9 Å². The van der Waals surface area contributed by atoms with Gasteiger partial charge in [-0.1, -0.05) is 12.1 Å². The smallest absolute Gasteiger partial charge is 0.149 e. The van der Waals surface area contributed by atoms with Gasteiger partial charge in [0.2, 0.25) is 0 Å². The Balaban J connectivity index is 1.74. The molecule has 1 aliphatic heterocycles. The molecule has 3 aromatic rings. The number of benzene rings is 1. The highest BCUT2D eigenvalue weighted by atomic mass is 16.5. The number of pyridine rings is 1. The summed E-state index contributed by atoms with van der Waals surface area (Å²) < 4.78 is 7.38. The average molecular weight is 295 g/mol. The lowest BCUT2D eigenvalue weighted by Gasteiger charge is -2.24. The third kappa shape index (κ3) is 2.07. The first-order valence-electron chi connectivity index (χ1n) is 7.43. The molecule has 0 spiro atoms. The van der Waals surface area contributed by atoms with Crippen molar-refractivity contribution in [1.29, 1.82) is 0 Å². The molecule has 2 aromatic heterocycles. The molecule has 4 rings (SSSR count). The maximum absolute atomic E-state index is 5.40. The summed E-state index contributed by atoms with van der Waals surface area (Å²) in [6.45, 7) is 0.943. The first-order valence-corrected chi connectivity index (χ1v) is 7.43. The molecule has 6 nitrogen and oxygen atoms in total. The normalized spacial score (nSPS) is 17.2. The van der Waals surface area contributed by atoms with Gasteiger partial charge in [-0.05, 0) is 25.0 Å². The summed E-state index contributed by atoms with van der Waals surface area (Å²) in [5.74, 6) is 1.78. The molecule has 6 heteroatoms. The van der Waals surface area contributed by atoms with E-state index in [2.05, 4.69) is 26.4 Å². The molecule has 1 N–H and O–H groups in total. The van der Waals surface area contributed by atoms with Crippen LogP contribution in [0, 0.1) is 0 Å². The van der Waals surface area contributed by atoms with Gasteiger partial charge in [0.25, 0.3) is 0 Å². The number of aryl methyl sites for hydroxylation is 1. The molecule has 0 radical (unpaired) electrons. The number of hydrogen-bond donors (Lipinski definition) is 1. The second-order valence-electron chi connectivity index (χ2n) is 5.40. The SMILES string of the molecule is COc1cccc2c(N[C@@H]3CCCn4ncnc43)ccnc12. The molecule has 0 amide bonds. The second-order valence-corrected chi connectivity index (χ2v) is 5.40. The predicted molar refractivity (Wildman–Crippen MR) is 83.9 cm³/mol. The molecular weight excluding hydrogens is 278 g/mol. The van der Waals surface area contributed by atoms with E-state index in [1.807, 2.05) is 22.9 Å². The van der Waals surface area contributed by atoms with Crippen LogP contribution in [0.4, 0.5) is 5.69 Å². The van der Waals surface area contributed by atoms with E-state index in [0.29, 0.717) is 0 Å². The highest BCUT2D eigenvalue weighted by Gasteiger charge is 2.22. The van der Waals surface area contributed by atoms with E-state index in [1.54, 1.807) is 19.6 Å². The van der Waals surface area contributed by atoms with Crippen LogP contribution in [0.5, 0.6) is 5.75 Å². The van der Waals surface area contributed by atoms with E-state index < -0.39 is 0 Å². The fraction of sp³-hybridized carbons (Fsp3) is 0.312. The molecule has 0 unspecified atom stereocenters. The van der Waals surface area contributed by atoms with Crippen LogP contribution in [0.3, 0.4) is 0 Å². The van der Waals surface area contributed by atoms with Gasteiger partial charge in [0.05, 0.1) is 13.2 Å². The molecule has 1 aliphatic rings. The Labute approximate surface area is 128 Å². The van der Waals surface area contributed by atoms with Gasteiger partial charge in [0.15, 0.2) is 0 Å². The highest BCUT2D eigenvalue weighted by Crippen LogP contribution is 2.32. The van der Waals surface area contributed by atoms with Crippen molar-refractivity contribution in [2.45, 2.75) is 25.4 Å². The molecule has 22 heavy (non-hydrogen) atoms. The van der Waals surface area contributed by atoms with Crippen molar-refractivity contribution < 1.29 is 4.74 Å². The van der Waals surface area contributed by atoms with Crippen LogP contribution >= 0.6 is 0 Å². The van der Waals surface area contributed by atoms with Crippen molar-refractivity contribution in [3.05, 3.63) is 42.6 Å². The van der Waals surface area contributed by atoms with E-state index >= 15 is 0 Å². The van der Waals surface area contributed by atoms with Crippen molar-refractivity contribution in [3.63, 3.8) is 0 Å². The molecule has 112 valence electrons. The number of rotatable bonds is 3. The lowest BCUT2D eigenvalue weighted by atomic mass is 10.1. The van der Waals surface area contributed by atoms with E-state index in [1.165, 1.54) is 0 Å². The van der Waals surface area contributed by atoms with Crippen LogP contribution in [0.15, 0.2) is 36.8 Å². The van der Waals surface area contributed by atoms with E-state index in [0.717, 1.165) is 47.6 Å². The summed E-state index contributed by atoms with van der Waals surface area (Å²) in [7, 11) is 1.67. The zero-order valence-electron chi connectivity index (χ0n) is 12.4. The minimum atomic E-state index is 0.174. The van der Waals surface area contributed by atoms with Crippen LogP contribution in [-0.2, 0) is 6.54 Å². The summed E-state index contributed by atoms with van der Waals surface area (Å²) in [6, 6.07) is 8.14. The Morgan fingerprint density at radius 2 is 2.23 bits per heavy atom. The number of para-hydroxylation sites is 1. The lowest BCUT2D eigenvalue weighted by Crippen LogP contribution is -2.22. The summed E-state index contributed by atoms with van der Waals surface area (Å²) in [5.41, 5.74) is 1.91. The standard InChI is InChI=1S/C16H17N5O/c1-22-14-6-2-4-11-12(7-8-17-15(11)14)20-13-5-3-9-21-16(13)18-10-19-21/h2,4,6-8,10,13H,3,5,9H2,1H3,(H,17,20)/t13-/m1/s1. The second kappa shape index (κ2) is 5.29. The van der Waals surface area contributed by atoms with Gasteiger partial charge in [-0.3, -0.25) is 4.98 Å². The monoisotopic (exact) mass is 295 g/mol. The summed E-state index contributed by atoms with van der Waals surface area (Å²) >= 11 is 0. The van der Waals surface area contributed by atoms with Gasteiger partial charge in [-0.25, -0.2) is 9.67 Å². The van der Waals surface area contributed by atoms with Crippen LogP contribution in [-0.4, -0.2) is 26.9 Å². The number of fused-ring (bicyclic) bond motifs is 2. The van der Waals surface area contributed by atoms with Crippen molar-refractivity contribution in [2.24, 2.45) is 0 Å². The van der Waals surface area contributed by atoms with Gasteiger partial charge < -0.3 is 10.1 Å². The first kappa shape index (κ1) is 13.1. The Morgan fingerprint density at radius 1 is 1.27 bits per heavy atom. The van der Waals surface area contributed by atoms with Gasteiger partial charge in [0, 0.05) is 23.8 Å². The summed E-state index contributed by atoms with van der Waals surface area (Å²) in [4.78, 5) is 8.84. The molecule has 0 saturated carbocycles. The summed E-state index contributed by atoms with van der Waals surface area (Å²) in [6.07, 6.45) is 5.58. The number of aromatic nitrogens is 4. The molecule has 0 saturated heterocycles. The summed E-state index contributed by atoms with van der Waals surface area (Å²) in [5, 5.41) is 8.92. The fourth-order valence-corrected chi connectivity index (χ4v) is 3.05. The quantitative estimate of drug-likeness (QED) is 0.805. The fourth-order valence-electron chi connectivity index (χ4n) is 3.05. The van der Waals surface area contributed by atoms with Crippen LogP contribution in [0.1, 0.15) is 24.7 Å². The molecule has 0 aliphatic carbocycles. The predicted octanol–water partition coefficient (Wildman–Crippen LogP) is 2.78. The number of ether oxygens (including phenoxy) is 1. The Kier molecular flexibility index (Phi) is 3.14. The topological polar surface area (TPSA) is 64.9 Å². The minimum absolute atomic E-state index is 0.174. The number of methoxy groups -OCH3 is 1. The lowest BCUT2D eigenvalue weighted by molar-refractivity contribution is 0.419. The van der Waals surface area contributed by atoms with Crippen molar-refractivity contribution in [3.8, 4) is 5.75 Å². The van der Waals surface area contributed by atoms with Gasteiger partial charge >= 0.3 is 0 Å². The maximum Gasteiger partial charge on any atom is 0.149 e. The van der Waals surface area contributed by atoms with E-state index in [4.69, 9.17) is 4.74 Å². The Hall–Kier alpha value is -2.63. The zero-order chi connectivity index (χ0) is 14.9. The van der Waals surface area contributed by atoms with Gasteiger partial charge in [0.1, 0.15) is 23.4 Å². The van der Waals surface area contributed by atoms with Crippen LogP contribution in [0.2, 0.25) is 0 Å². The largest absolute Gasteiger partial charge is 0.494 e.